The average molecular weight is 545 g/mol. The van der Waals surface area contributed by atoms with E-state index < -0.39 is 11.2 Å². The molecule has 0 bridgehead atoms. The number of amides is 1. The lowest BCUT2D eigenvalue weighted by Gasteiger charge is -2.14. The van der Waals surface area contributed by atoms with Crippen LogP contribution >= 0.6 is 39.0 Å². The predicted octanol–water partition coefficient (Wildman–Crippen LogP) is 6.57. The van der Waals surface area contributed by atoms with Crippen molar-refractivity contribution in [1.82, 2.24) is 4.98 Å². The van der Waals surface area contributed by atoms with Gasteiger partial charge in [0.2, 0.25) is 5.91 Å². The summed E-state index contributed by atoms with van der Waals surface area (Å²) in [4.78, 5) is 29.0. The Hall–Kier alpha value is -2.62. The smallest absolute Gasteiger partial charge is 0.305 e. The number of carboxylic acids is 1. The van der Waals surface area contributed by atoms with Crippen LogP contribution < -0.4 is 10.1 Å². The average Bonchev–Trinajstić information content (AvgIpc) is 3.17. The summed E-state index contributed by atoms with van der Waals surface area (Å²) in [5.41, 5.74) is 1.39. The van der Waals surface area contributed by atoms with Crippen LogP contribution in [0, 0.1) is 0 Å². The number of thiazole rings is 1. The molecule has 9 heteroatoms. The predicted molar refractivity (Wildman–Crippen MR) is 138 cm³/mol. The van der Waals surface area contributed by atoms with E-state index in [9.17, 15) is 14.7 Å². The first-order valence-corrected chi connectivity index (χ1v) is 12.8. The van der Waals surface area contributed by atoms with Crippen molar-refractivity contribution in [3.63, 3.8) is 0 Å². The second-order valence-electron chi connectivity index (χ2n) is 7.33. The molecule has 170 valence electrons. The monoisotopic (exact) mass is 544 g/mol. The summed E-state index contributed by atoms with van der Waals surface area (Å²) in [6.07, 6.45) is 0.589. The molecule has 0 aliphatic carbocycles. The number of carboxylic acid groups (broad SMARTS) is 1. The van der Waals surface area contributed by atoms with Crippen molar-refractivity contribution >= 4 is 77.6 Å². The Morgan fingerprint density at radius 3 is 2.73 bits per heavy atom. The first-order valence-electron chi connectivity index (χ1n) is 10.3. The van der Waals surface area contributed by atoms with Crippen LogP contribution in [0.25, 0.3) is 21.0 Å². The van der Waals surface area contributed by atoms with Crippen LogP contribution in [-0.2, 0) is 9.59 Å². The number of fused-ring (bicyclic) bond motifs is 2. The van der Waals surface area contributed by atoms with E-state index in [2.05, 4.69) is 26.2 Å². The summed E-state index contributed by atoms with van der Waals surface area (Å²) in [5.74, 6) is -0.675. The van der Waals surface area contributed by atoms with Gasteiger partial charge < -0.3 is 15.2 Å². The number of carbonyl (C=O) groups excluding carboxylic acids is 1. The topological polar surface area (TPSA) is 88.5 Å². The fourth-order valence-electron chi connectivity index (χ4n) is 3.24. The van der Waals surface area contributed by atoms with Crippen LogP contribution in [-0.4, -0.2) is 33.8 Å². The molecule has 1 amide bonds. The van der Waals surface area contributed by atoms with Gasteiger partial charge in [0.05, 0.1) is 27.7 Å². The lowest BCUT2D eigenvalue weighted by Crippen LogP contribution is -2.27. The summed E-state index contributed by atoms with van der Waals surface area (Å²) in [5, 5.41) is 13.5. The molecule has 6 nitrogen and oxygen atoms in total. The number of benzene rings is 3. The molecule has 33 heavy (non-hydrogen) atoms. The quantitative estimate of drug-likeness (QED) is 0.231. The molecule has 0 aliphatic heterocycles. The van der Waals surface area contributed by atoms with Gasteiger partial charge in [0.25, 0.3) is 0 Å². The summed E-state index contributed by atoms with van der Waals surface area (Å²) >= 11 is 6.08. The minimum Gasteiger partial charge on any atom is -0.492 e. The van der Waals surface area contributed by atoms with Crippen LogP contribution in [0.15, 0.2) is 63.4 Å². The number of anilines is 1. The van der Waals surface area contributed by atoms with Gasteiger partial charge in [-0.15, -0.1) is 11.3 Å². The van der Waals surface area contributed by atoms with Crippen LogP contribution in [0.2, 0.25) is 0 Å². The number of carbonyl (C=O) groups is 2. The Morgan fingerprint density at radius 1 is 1.18 bits per heavy atom. The summed E-state index contributed by atoms with van der Waals surface area (Å²) in [7, 11) is 0. The van der Waals surface area contributed by atoms with Crippen LogP contribution in [0.3, 0.4) is 0 Å². The Balaban J connectivity index is 1.54. The largest absolute Gasteiger partial charge is 0.492 e. The lowest BCUT2D eigenvalue weighted by molar-refractivity contribution is -0.138. The van der Waals surface area contributed by atoms with Gasteiger partial charge in [-0.3, -0.25) is 9.59 Å². The van der Waals surface area contributed by atoms with Gasteiger partial charge in [-0.2, -0.15) is 0 Å². The maximum Gasteiger partial charge on any atom is 0.305 e. The van der Waals surface area contributed by atoms with Crippen molar-refractivity contribution in [2.75, 3.05) is 11.9 Å². The third-order valence-corrected chi connectivity index (χ3v) is 7.73. The van der Waals surface area contributed by atoms with E-state index in [0.717, 1.165) is 49.4 Å². The molecule has 4 rings (SSSR count). The van der Waals surface area contributed by atoms with E-state index in [1.807, 2.05) is 61.5 Å². The van der Waals surface area contributed by atoms with Crippen LogP contribution in [0.5, 0.6) is 5.75 Å². The molecule has 3 aromatic carbocycles. The highest BCUT2D eigenvalue weighted by atomic mass is 79.9. The Kier molecular flexibility index (Phi) is 7.52. The highest BCUT2D eigenvalue weighted by Gasteiger charge is 2.25. The molecule has 0 spiro atoms. The molecular weight excluding hydrogens is 524 g/mol. The molecule has 4 aromatic rings. The van der Waals surface area contributed by atoms with Gasteiger partial charge in [0.1, 0.15) is 11.0 Å². The zero-order chi connectivity index (χ0) is 23.4. The zero-order valence-electron chi connectivity index (χ0n) is 17.7. The molecule has 1 unspecified atom stereocenters. The maximum absolute atomic E-state index is 13.0. The highest BCUT2D eigenvalue weighted by molar-refractivity contribution is 9.10. The number of aliphatic carboxylic acids is 1. The number of nitrogens with zero attached hydrogens (tertiary/aromatic N) is 1. The number of hydrogen-bond acceptors (Lipinski definition) is 6. The molecule has 2 N–H and O–H groups in total. The third-order valence-electron chi connectivity index (χ3n) is 4.80. The number of rotatable bonds is 9. The first-order chi connectivity index (χ1) is 15.9. The van der Waals surface area contributed by atoms with Crippen molar-refractivity contribution in [3.8, 4) is 5.75 Å². The maximum atomic E-state index is 13.0. The van der Waals surface area contributed by atoms with Crippen molar-refractivity contribution < 1.29 is 19.4 Å². The van der Waals surface area contributed by atoms with Crippen LogP contribution in [0.1, 0.15) is 19.8 Å². The van der Waals surface area contributed by atoms with E-state index in [-0.39, 0.29) is 12.3 Å². The number of nitrogens with one attached hydrogen (secondary N) is 1. The van der Waals surface area contributed by atoms with E-state index in [1.165, 1.54) is 11.3 Å². The molecule has 0 radical (unpaired) electrons. The number of aromatic nitrogens is 1. The van der Waals surface area contributed by atoms with Crippen molar-refractivity contribution in [2.45, 2.75) is 29.4 Å². The van der Waals surface area contributed by atoms with E-state index in [4.69, 9.17) is 4.74 Å². The molecule has 0 saturated heterocycles. The van der Waals surface area contributed by atoms with E-state index in [0.29, 0.717) is 16.6 Å². The Bertz CT molecular complexity index is 1320. The second-order valence-corrected chi connectivity index (χ2v) is 10.7. The summed E-state index contributed by atoms with van der Waals surface area (Å²) in [6.45, 7) is 2.65. The van der Waals surface area contributed by atoms with Crippen LogP contribution in [0.4, 0.5) is 5.69 Å². The second kappa shape index (κ2) is 10.5. The molecular formula is C24H21BrN2O4S2. The highest BCUT2D eigenvalue weighted by Crippen LogP contribution is 2.38. The van der Waals surface area contributed by atoms with Crippen molar-refractivity contribution in [3.05, 3.63) is 59.1 Å². The fraction of sp³-hybridized carbons (Fsp3) is 0.208. The molecule has 0 fully saturated rings. The Labute approximate surface area is 207 Å². The SMILES string of the molecule is CCCOc1cc2sc(SC(CC(=O)O)C(=O)Nc3ccc4ccccc4c3)nc2cc1Br. The molecule has 1 heterocycles. The van der Waals surface area contributed by atoms with Crippen molar-refractivity contribution in [2.24, 2.45) is 0 Å². The number of halogens is 1. The van der Waals surface area contributed by atoms with E-state index >= 15 is 0 Å². The van der Waals surface area contributed by atoms with E-state index in [1.54, 1.807) is 0 Å². The minimum absolute atomic E-state index is 0.311. The molecule has 0 saturated carbocycles. The molecule has 1 atom stereocenters. The minimum atomic E-state index is -1.04. The zero-order valence-corrected chi connectivity index (χ0v) is 20.9. The van der Waals surface area contributed by atoms with Gasteiger partial charge in [-0.05, 0) is 51.3 Å². The number of hydrogen-bond donors (Lipinski definition) is 2. The fourth-order valence-corrected chi connectivity index (χ4v) is 5.99. The standard InChI is InChI=1S/C24H21BrN2O4S2/c1-2-9-31-19-12-20-18(11-17(19)25)27-24(32-20)33-21(13-22(28)29)23(30)26-16-8-7-14-5-3-4-6-15(14)10-16/h3-8,10-12,21H,2,9,13H2,1H3,(H,26,30)(H,28,29). The lowest BCUT2D eigenvalue weighted by atomic mass is 10.1. The first kappa shape index (κ1) is 23.5. The third kappa shape index (κ3) is 5.85. The van der Waals surface area contributed by atoms with Gasteiger partial charge in [0.15, 0.2) is 4.34 Å². The van der Waals surface area contributed by atoms with Gasteiger partial charge in [-0.25, -0.2) is 4.98 Å². The summed E-state index contributed by atoms with van der Waals surface area (Å²) < 4.78 is 8.10. The molecule has 0 aliphatic rings. The normalized spacial score (nSPS) is 12.1. The number of ether oxygens (including phenoxy) is 1. The number of thioether (sulfide) groups is 1. The summed E-state index contributed by atoms with van der Waals surface area (Å²) in [6, 6.07) is 17.3. The van der Waals surface area contributed by atoms with Gasteiger partial charge in [-0.1, -0.05) is 49.0 Å². The van der Waals surface area contributed by atoms with Crippen molar-refractivity contribution in [1.29, 1.82) is 0 Å². The Morgan fingerprint density at radius 2 is 1.97 bits per heavy atom. The molecule has 1 aromatic heterocycles. The van der Waals surface area contributed by atoms with Gasteiger partial charge >= 0.3 is 5.97 Å². The van der Waals surface area contributed by atoms with Gasteiger partial charge in [0, 0.05) is 11.8 Å².